The third-order valence-electron chi connectivity index (χ3n) is 6.17. The highest BCUT2D eigenvalue weighted by molar-refractivity contribution is 5.79. The minimum absolute atomic E-state index is 0.221. The molecule has 2 aromatic rings. The fraction of sp³-hybridized carbons (Fsp3) is 0.545. The summed E-state index contributed by atoms with van der Waals surface area (Å²) in [6, 6.07) is 8.56. The number of likely N-dealkylation sites (tertiary alicyclic amines) is 1. The predicted octanol–water partition coefficient (Wildman–Crippen LogP) is 3.32. The fourth-order valence-electron chi connectivity index (χ4n) is 4.08. The average molecular weight is 383 g/mol. The molecule has 4 rings (SSSR count). The summed E-state index contributed by atoms with van der Waals surface area (Å²) < 4.78 is 7.19. The monoisotopic (exact) mass is 382 g/mol. The largest absolute Gasteiger partial charge is 0.497 e. The zero-order chi connectivity index (χ0) is 19.5. The summed E-state index contributed by atoms with van der Waals surface area (Å²) in [6.45, 7) is 3.93. The first-order chi connectivity index (χ1) is 13.6. The molecule has 150 valence electrons. The van der Waals surface area contributed by atoms with Gasteiger partial charge in [-0.25, -0.2) is 4.68 Å². The van der Waals surface area contributed by atoms with Crippen molar-refractivity contribution in [2.24, 2.45) is 5.92 Å². The van der Waals surface area contributed by atoms with Crippen LogP contribution in [0.3, 0.4) is 0 Å². The molecular formula is C22H30N4O2. The van der Waals surface area contributed by atoms with Gasteiger partial charge in [-0.3, -0.25) is 4.79 Å². The number of carbonyl (C=O) groups excluding carboxylic acids is 1. The van der Waals surface area contributed by atoms with E-state index in [0.29, 0.717) is 17.9 Å². The molecule has 1 aromatic carbocycles. The third kappa shape index (κ3) is 4.07. The van der Waals surface area contributed by atoms with Crippen molar-refractivity contribution in [3.05, 3.63) is 42.2 Å². The number of aromatic nitrogens is 2. The maximum atomic E-state index is 12.4. The molecule has 2 aliphatic rings. The van der Waals surface area contributed by atoms with Gasteiger partial charge in [-0.1, -0.05) is 12.5 Å². The minimum atomic E-state index is 0.221. The van der Waals surface area contributed by atoms with Crippen LogP contribution in [0, 0.1) is 5.92 Å². The lowest BCUT2D eigenvalue weighted by Crippen LogP contribution is -2.48. The van der Waals surface area contributed by atoms with E-state index >= 15 is 0 Å². The lowest BCUT2D eigenvalue weighted by molar-refractivity contribution is -0.139. The van der Waals surface area contributed by atoms with Gasteiger partial charge in [0.05, 0.1) is 19.0 Å². The molecule has 1 aliphatic carbocycles. The number of amides is 1. The van der Waals surface area contributed by atoms with E-state index in [9.17, 15) is 4.79 Å². The summed E-state index contributed by atoms with van der Waals surface area (Å²) in [4.78, 5) is 14.5. The van der Waals surface area contributed by atoms with Crippen LogP contribution >= 0.6 is 0 Å². The molecule has 1 saturated carbocycles. The number of ether oxygens (including phenoxy) is 1. The van der Waals surface area contributed by atoms with Crippen molar-refractivity contribution in [1.82, 2.24) is 20.0 Å². The number of hydrogen-bond acceptors (Lipinski definition) is 4. The van der Waals surface area contributed by atoms with Gasteiger partial charge in [0.2, 0.25) is 5.91 Å². The molecule has 2 fully saturated rings. The molecule has 0 spiro atoms. The lowest BCUT2D eigenvalue weighted by Gasteiger charge is -2.37. The standard InChI is InChI=1S/C22H30N4O2/c1-16(18-14-23-26(15-18)20-7-4-8-21(13-20)28-2)24-19-9-11-25(12-10-19)22(27)17-5-3-6-17/h4,7-8,13-17,19,24H,3,5-6,9-12H2,1-2H3. The van der Waals surface area contributed by atoms with Crippen molar-refractivity contribution < 1.29 is 9.53 Å². The fourth-order valence-corrected chi connectivity index (χ4v) is 4.08. The van der Waals surface area contributed by atoms with Gasteiger partial charge in [-0.2, -0.15) is 5.10 Å². The Balaban J connectivity index is 1.31. The molecule has 1 N–H and O–H groups in total. The molecule has 1 aromatic heterocycles. The Morgan fingerprint density at radius 2 is 2.04 bits per heavy atom. The van der Waals surface area contributed by atoms with E-state index in [-0.39, 0.29) is 6.04 Å². The van der Waals surface area contributed by atoms with Gasteiger partial charge in [0, 0.05) is 48.9 Å². The summed E-state index contributed by atoms with van der Waals surface area (Å²) in [5, 5.41) is 8.24. The van der Waals surface area contributed by atoms with Crippen molar-refractivity contribution in [3.8, 4) is 11.4 Å². The molecule has 0 radical (unpaired) electrons. The lowest BCUT2D eigenvalue weighted by atomic mass is 9.84. The maximum Gasteiger partial charge on any atom is 0.225 e. The second-order valence-electron chi connectivity index (χ2n) is 8.04. The average Bonchev–Trinajstić information content (AvgIpc) is 3.18. The molecule has 1 saturated heterocycles. The molecule has 0 bridgehead atoms. The Bertz CT molecular complexity index is 806. The van der Waals surface area contributed by atoms with Gasteiger partial charge >= 0.3 is 0 Å². The van der Waals surface area contributed by atoms with Crippen molar-refractivity contribution in [2.75, 3.05) is 20.2 Å². The smallest absolute Gasteiger partial charge is 0.225 e. The summed E-state index contributed by atoms with van der Waals surface area (Å²) in [6.07, 6.45) is 9.43. The summed E-state index contributed by atoms with van der Waals surface area (Å²) in [7, 11) is 1.67. The molecule has 6 heteroatoms. The van der Waals surface area contributed by atoms with E-state index in [1.54, 1.807) is 7.11 Å². The number of carbonyl (C=O) groups is 1. The van der Waals surface area contributed by atoms with Crippen molar-refractivity contribution in [1.29, 1.82) is 0 Å². The van der Waals surface area contributed by atoms with Crippen LogP contribution < -0.4 is 10.1 Å². The van der Waals surface area contributed by atoms with E-state index in [2.05, 4.69) is 28.4 Å². The molecule has 28 heavy (non-hydrogen) atoms. The Morgan fingerprint density at radius 1 is 1.25 bits per heavy atom. The van der Waals surface area contributed by atoms with Crippen LogP contribution in [0.25, 0.3) is 5.69 Å². The number of nitrogens with zero attached hydrogens (tertiary/aromatic N) is 3. The molecule has 1 atom stereocenters. The second kappa shape index (κ2) is 8.35. The second-order valence-corrected chi connectivity index (χ2v) is 8.04. The van der Waals surface area contributed by atoms with E-state index in [1.807, 2.05) is 35.1 Å². The SMILES string of the molecule is COc1cccc(-n2cc(C(C)NC3CCN(C(=O)C4CCC4)CC3)cn2)c1. The van der Waals surface area contributed by atoms with Gasteiger partial charge in [0.25, 0.3) is 0 Å². The number of piperidine rings is 1. The normalized spacial score (nSPS) is 19.3. The van der Waals surface area contributed by atoms with Crippen LogP contribution in [0.2, 0.25) is 0 Å². The van der Waals surface area contributed by atoms with Crippen molar-refractivity contribution in [2.45, 2.75) is 51.1 Å². The number of hydrogen-bond donors (Lipinski definition) is 1. The zero-order valence-corrected chi connectivity index (χ0v) is 16.8. The summed E-state index contributed by atoms with van der Waals surface area (Å²) >= 11 is 0. The molecule has 1 amide bonds. The number of methoxy groups -OCH3 is 1. The minimum Gasteiger partial charge on any atom is -0.497 e. The van der Waals surface area contributed by atoms with E-state index in [4.69, 9.17) is 4.74 Å². The highest BCUT2D eigenvalue weighted by atomic mass is 16.5. The highest BCUT2D eigenvalue weighted by Gasteiger charge is 2.31. The van der Waals surface area contributed by atoms with Crippen LogP contribution in [0.15, 0.2) is 36.7 Å². The molecule has 6 nitrogen and oxygen atoms in total. The maximum absolute atomic E-state index is 12.4. The Labute approximate surface area is 166 Å². The molecule has 1 aliphatic heterocycles. The van der Waals surface area contributed by atoms with Crippen LogP contribution in [-0.4, -0.2) is 46.8 Å². The first-order valence-electron chi connectivity index (χ1n) is 10.4. The molecule has 1 unspecified atom stereocenters. The van der Waals surface area contributed by atoms with Crippen molar-refractivity contribution >= 4 is 5.91 Å². The van der Waals surface area contributed by atoms with Crippen LogP contribution in [0.1, 0.15) is 50.6 Å². The summed E-state index contributed by atoms with van der Waals surface area (Å²) in [5.74, 6) is 1.52. The molecule has 2 heterocycles. The Hall–Kier alpha value is -2.34. The van der Waals surface area contributed by atoms with Gasteiger partial charge in [0.1, 0.15) is 5.75 Å². The Morgan fingerprint density at radius 3 is 2.71 bits per heavy atom. The van der Waals surface area contributed by atoms with E-state index in [0.717, 1.165) is 55.8 Å². The first-order valence-corrected chi connectivity index (χ1v) is 10.4. The molecular weight excluding hydrogens is 352 g/mol. The Kier molecular flexibility index (Phi) is 5.67. The number of rotatable bonds is 6. The topological polar surface area (TPSA) is 59.4 Å². The van der Waals surface area contributed by atoms with E-state index < -0.39 is 0 Å². The van der Waals surface area contributed by atoms with Gasteiger partial charge in [0.15, 0.2) is 0 Å². The first kappa shape index (κ1) is 19.0. The third-order valence-corrected chi connectivity index (χ3v) is 6.17. The summed E-state index contributed by atoms with van der Waals surface area (Å²) in [5.41, 5.74) is 2.15. The van der Waals surface area contributed by atoms with Gasteiger partial charge in [-0.05, 0) is 44.7 Å². The predicted molar refractivity (Wildman–Crippen MR) is 109 cm³/mol. The highest BCUT2D eigenvalue weighted by Crippen LogP contribution is 2.29. The number of benzene rings is 1. The van der Waals surface area contributed by atoms with E-state index in [1.165, 1.54) is 6.42 Å². The zero-order valence-electron chi connectivity index (χ0n) is 16.8. The van der Waals surface area contributed by atoms with Crippen LogP contribution in [-0.2, 0) is 4.79 Å². The van der Waals surface area contributed by atoms with Gasteiger partial charge in [-0.15, -0.1) is 0 Å². The quantitative estimate of drug-likeness (QED) is 0.833. The van der Waals surface area contributed by atoms with Crippen LogP contribution in [0.5, 0.6) is 5.75 Å². The van der Waals surface area contributed by atoms with Gasteiger partial charge < -0.3 is 15.0 Å². The van der Waals surface area contributed by atoms with Crippen LogP contribution in [0.4, 0.5) is 0 Å². The van der Waals surface area contributed by atoms with Crippen molar-refractivity contribution in [3.63, 3.8) is 0 Å². The number of nitrogens with one attached hydrogen (secondary N) is 1.